The number of rotatable bonds is 4. The van der Waals surface area contributed by atoms with E-state index in [0.29, 0.717) is 0 Å². The third kappa shape index (κ3) is 6.78. The van der Waals surface area contributed by atoms with Crippen LogP contribution in [0.3, 0.4) is 0 Å². The predicted molar refractivity (Wildman–Crippen MR) is 80.3 cm³/mol. The maximum atomic E-state index is 13.7. The molecule has 19 heavy (non-hydrogen) atoms. The molecule has 13 heteroatoms. The van der Waals surface area contributed by atoms with Crippen molar-refractivity contribution >= 4 is 116 Å². The van der Waals surface area contributed by atoms with E-state index in [-0.39, 0.29) is 0 Å². The zero-order valence-corrected chi connectivity index (χ0v) is 15.7. The molecule has 0 aliphatic rings. The first kappa shape index (κ1) is 21.7. The zero-order valence-electron chi connectivity index (χ0n) is 8.10. The minimum absolute atomic E-state index is 2.60. The molecule has 0 aliphatic heterocycles. The minimum atomic E-state index is -2.92. The van der Waals surface area contributed by atoms with Crippen molar-refractivity contribution in [2.75, 3.05) is 0 Å². The SMILES string of the molecule is FC(C(Cl)(Cl)Cl)C(Cl)(Cl)OC(Cl)(Cl)C(F)C(Cl)(Cl)Cl. The van der Waals surface area contributed by atoms with E-state index >= 15 is 0 Å². The standard InChI is InChI=1S/C6H2Cl10F2O/c7-3(8,9)1(17)5(13,14)19-6(15,16)2(18)4(10,11)12/h1-2H. The Bertz CT molecular complexity index is 280. The molecule has 0 aliphatic carbocycles. The lowest BCUT2D eigenvalue weighted by atomic mass is 10.4. The summed E-state index contributed by atoms with van der Waals surface area (Å²) in [7, 11) is 0. The average Bonchev–Trinajstić information content (AvgIpc) is 2.10. The summed E-state index contributed by atoms with van der Waals surface area (Å²) in [4.78, 5) is 0. The molecule has 0 rings (SSSR count). The van der Waals surface area contributed by atoms with Crippen molar-refractivity contribution in [1.82, 2.24) is 0 Å². The first-order valence-corrected chi connectivity index (χ1v) is 7.67. The van der Waals surface area contributed by atoms with E-state index in [2.05, 4.69) is 4.74 Å². The van der Waals surface area contributed by atoms with Gasteiger partial charge in [-0.3, -0.25) is 0 Å². The molecule has 0 spiro atoms. The monoisotopic (exact) mass is 478 g/mol. The fourth-order valence-electron chi connectivity index (χ4n) is 0.666. The van der Waals surface area contributed by atoms with Gasteiger partial charge in [0.1, 0.15) is 0 Å². The lowest BCUT2D eigenvalue weighted by Crippen LogP contribution is -2.49. The second kappa shape index (κ2) is 7.09. The van der Waals surface area contributed by atoms with Crippen LogP contribution < -0.4 is 0 Å². The Morgan fingerprint density at radius 2 is 0.789 bits per heavy atom. The Morgan fingerprint density at radius 3 is 0.947 bits per heavy atom. The maximum Gasteiger partial charge on any atom is 0.256 e. The Hall–Kier alpha value is 2.72. The van der Waals surface area contributed by atoms with E-state index in [4.69, 9.17) is 116 Å². The highest BCUT2D eigenvalue weighted by atomic mass is 35.6. The molecule has 0 amide bonds. The van der Waals surface area contributed by atoms with Gasteiger partial charge in [-0.15, -0.1) is 0 Å². The Labute approximate surface area is 157 Å². The molecule has 1 nitrogen and oxygen atoms in total. The quantitative estimate of drug-likeness (QED) is 0.406. The van der Waals surface area contributed by atoms with Gasteiger partial charge < -0.3 is 4.74 Å². The summed E-state index contributed by atoms with van der Waals surface area (Å²) in [5.74, 6) is 0. The van der Waals surface area contributed by atoms with E-state index in [9.17, 15) is 8.78 Å². The van der Waals surface area contributed by atoms with Crippen LogP contribution in [0, 0.1) is 0 Å². The van der Waals surface area contributed by atoms with Gasteiger partial charge in [0, 0.05) is 0 Å². The van der Waals surface area contributed by atoms with Gasteiger partial charge in [-0.2, -0.15) is 0 Å². The fraction of sp³-hybridized carbons (Fsp3) is 1.00. The van der Waals surface area contributed by atoms with Gasteiger partial charge in [-0.25, -0.2) is 8.78 Å². The Kier molecular flexibility index (Phi) is 8.10. The van der Waals surface area contributed by atoms with Crippen LogP contribution in [0.15, 0.2) is 0 Å². The number of hydrogen-bond acceptors (Lipinski definition) is 1. The first-order chi connectivity index (χ1) is 8.02. The molecule has 0 bridgehead atoms. The van der Waals surface area contributed by atoms with Crippen LogP contribution in [0.5, 0.6) is 0 Å². The highest BCUT2D eigenvalue weighted by Gasteiger charge is 2.58. The van der Waals surface area contributed by atoms with Gasteiger partial charge in [0.15, 0.2) is 0 Å². The first-order valence-electron chi connectivity index (χ1n) is 3.89. The second-order valence-electron chi connectivity index (χ2n) is 3.03. The van der Waals surface area contributed by atoms with E-state index in [1.807, 2.05) is 0 Å². The molecule has 116 valence electrons. The van der Waals surface area contributed by atoms with Gasteiger partial charge in [0.2, 0.25) is 19.9 Å². The number of alkyl halides is 12. The topological polar surface area (TPSA) is 9.23 Å². The molecule has 0 radical (unpaired) electrons. The highest BCUT2D eigenvalue weighted by Crippen LogP contribution is 2.50. The minimum Gasteiger partial charge on any atom is -0.305 e. The molecule has 0 heterocycles. The summed E-state index contributed by atoms with van der Waals surface area (Å²) < 4.78 is 20.7. The second-order valence-corrected chi connectivity index (χ2v) is 10.4. The van der Waals surface area contributed by atoms with E-state index in [1.54, 1.807) is 0 Å². The largest absolute Gasteiger partial charge is 0.305 e. The van der Waals surface area contributed by atoms with Gasteiger partial charge in [-0.1, -0.05) is 116 Å². The summed E-state index contributed by atoms with van der Waals surface area (Å²) in [6, 6.07) is 0. The van der Waals surface area contributed by atoms with Gasteiger partial charge in [0.25, 0.3) is 9.04 Å². The van der Waals surface area contributed by atoms with Crippen molar-refractivity contribution in [3.8, 4) is 0 Å². The van der Waals surface area contributed by atoms with Crippen LogP contribution in [0.2, 0.25) is 0 Å². The Balaban J connectivity index is 5.11. The third-order valence-electron chi connectivity index (χ3n) is 1.44. The molecule has 0 aromatic carbocycles. The van der Waals surface area contributed by atoms with Crippen molar-refractivity contribution in [3.63, 3.8) is 0 Å². The predicted octanol–water partition coefficient (Wildman–Crippen LogP) is 6.68. The smallest absolute Gasteiger partial charge is 0.256 e. The normalized spacial score (nSPS) is 18.3. The summed E-state index contributed by atoms with van der Waals surface area (Å²) in [5.41, 5.74) is 0. The van der Waals surface area contributed by atoms with Gasteiger partial charge in [0.05, 0.1) is 0 Å². The van der Waals surface area contributed by atoms with Crippen LogP contribution in [0.25, 0.3) is 0 Å². The van der Waals surface area contributed by atoms with Crippen molar-refractivity contribution in [2.45, 2.75) is 29.0 Å². The van der Waals surface area contributed by atoms with E-state index < -0.39 is 29.0 Å². The molecule has 0 aromatic heterocycles. The molecule has 0 N–H and O–H groups in total. The molecule has 0 aromatic rings. The van der Waals surface area contributed by atoms with Crippen molar-refractivity contribution in [1.29, 1.82) is 0 Å². The van der Waals surface area contributed by atoms with Crippen LogP contribution in [-0.2, 0) is 4.74 Å². The molecule has 2 unspecified atom stereocenters. The average molecular weight is 483 g/mol. The summed E-state index contributed by atoms with van der Waals surface area (Å²) >= 11 is 52.9. The molecular formula is C6H2Cl10F2O. The van der Waals surface area contributed by atoms with Crippen molar-refractivity contribution in [3.05, 3.63) is 0 Å². The number of hydrogen-bond donors (Lipinski definition) is 0. The van der Waals surface area contributed by atoms with Crippen molar-refractivity contribution in [2.24, 2.45) is 0 Å². The molecule has 2 atom stereocenters. The number of halogens is 12. The van der Waals surface area contributed by atoms with Crippen LogP contribution >= 0.6 is 116 Å². The van der Waals surface area contributed by atoms with E-state index in [0.717, 1.165) is 0 Å². The Morgan fingerprint density at radius 1 is 0.579 bits per heavy atom. The summed E-state index contributed by atoms with van der Waals surface area (Å²) in [5, 5.41) is 0. The maximum absolute atomic E-state index is 13.7. The van der Waals surface area contributed by atoms with Gasteiger partial charge in [-0.05, 0) is 0 Å². The highest BCUT2D eigenvalue weighted by molar-refractivity contribution is 6.69. The van der Waals surface area contributed by atoms with Crippen molar-refractivity contribution < 1.29 is 13.5 Å². The molecule has 0 saturated carbocycles. The zero-order chi connectivity index (χ0) is 15.9. The molecule has 0 fully saturated rings. The number of ether oxygens (including phenoxy) is 1. The summed E-state index contributed by atoms with van der Waals surface area (Å²) in [6.45, 7) is 0. The van der Waals surface area contributed by atoms with E-state index in [1.165, 1.54) is 0 Å². The fourth-order valence-corrected chi connectivity index (χ4v) is 3.56. The lowest BCUT2D eigenvalue weighted by Gasteiger charge is -2.36. The van der Waals surface area contributed by atoms with Crippen LogP contribution in [0.4, 0.5) is 8.78 Å². The van der Waals surface area contributed by atoms with Crippen LogP contribution in [0.1, 0.15) is 0 Å². The van der Waals surface area contributed by atoms with Gasteiger partial charge >= 0.3 is 0 Å². The van der Waals surface area contributed by atoms with Crippen LogP contribution in [-0.4, -0.2) is 29.0 Å². The lowest BCUT2D eigenvalue weighted by molar-refractivity contribution is -0.0481. The molecule has 0 saturated heterocycles. The summed E-state index contributed by atoms with van der Waals surface area (Å²) in [6.07, 6.45) is -5.29. The third-order valence-corrected chi connectivity index (χ3v) is 3.66. The molecular weight excluding hydrogens is 481 g/mol.